The van der Waals surface area contributed by atoms with Crippen LogP contribution in [0.3, 0.4) is 0 Å². The molecule has 0 radical (unpaired) electrons. The van der Waals surface area contributed by atoms with Crippen molar-refractivity contribution >= 4 is 39.9 Å². The molecule has 0 unspecified atom stereocenters. The number of hydrogen-bond acceptors (Lipinski definition) is 7. The summed E-state index contributed by atoms with van der Waals surface area (Å²) in [4.78, 5) is 19.0. The number of para-hydroxylation sites is 2. The topological polar surface area (TPSA) is 74.0 Å². The Morgan fingerprint density at radius 2 is 1.66 bits per heavy atom. The summed E-state index contributed by atoms with van der Waals surface area (Å²) in [5, 5.41) is 2.12. The average Bonchev–Trinajstić information content (AvgIpc) is 3.38. The van der Waals surface area contributed by atoms with E-state index in [9.17, 15) is 4.79 Å². The number of esters is 1. The Bertz CT molecular complexity index is 1540. The zero-order valence-electron chi connectivity index (χ0n) is 21.3. The smallest absolute Gasteiger partial charge is 0.374 e. The molecule has 0 aliphatic heterocycles. The number of benzene rings is 4. The fourth-order valence-electron chi connectivity index (χ4n) is 3.92. The summed E-state index contributed by atoms with van der Waals surface area (Å²) >= 11 is 0. The van der Waals surface area contributed by atoms with Gasteiger partial charge in [0.2, 0.25) is 5.76 Å². The SMILES string of the molecule is CCOC(=O)C(=Cc1ccc(OCCN(C)c2nc3ccccc3o2)cc1)Oc1ccc2ccccc2c1. The van der Waals surface area contributed by atoms with Crippen LogP contribution in [0.25, 0.3) is 27.9 Å². The van der Waals surface area contributed by atoms with E-state index in [2.05, 4.69) is 4.98 Å². The summed E-state index contributed by atoms with van der Waals surface area (Å²) in [5.74, 6) is 0.853. The number of ether oxygens (including phenoxy) is 3. The van der Waals surface area contributed by atoms with Crippen molar-refractivity contribution in [2.75, 3.05) is 31.7 Å². The number of nitrogens with zero attached hydrogens (tertiary/aromatic N) is 2. The largest absolute Gasteiger partial charge is 0.492 e. The molecule has 0 atom stereocenters. The predicted molar refractivity (Wildman–Crippen MR) is 148 cm³/mol. The van der Waals surface area contributed by atoms with Crippen molar-refractivity contribution in [2.24, 2.45) is 0 Å². The molecule has 0 bridgehead atoms. The molecule has 1 aromatic heterocycles. The third kappa shape index (κ3) is 5.95. The third-order valence-electron chi connectivity index (χ3n) is 5.91. The number of oxazole rings is 1. The van der Waals surface area contributed by atoms with Crippen molar-refractivity contribution in [2.45, 2.75) is 6.92 Å². The van der Waals surface area contributed by atoms with Crippen LogP contribution in [0, 0.1) is 0 Å². The quantitative estimate of drug-likeness (QED) is 0.121. The molecule has 4 aromatic carbocycles. The summed E-state index contributed by atoms with van der Waals surface area (Å²) < 4.78 is 22.9. The van der Waals surface area contributed by atoms with Gasteiger partial charge in [-0.05, 0) is 65.7 Å². The van der Waals surface area contributed by atoms with Gasteiger partial charge in [0.25, 0.3) is 6.01 Å². The molecule has 0 saturated carbocycles. The van der Waals surface area contributed by atoms with Crippen LogP contribution in [-0.2, 0) is 9.53 Å². The maximum atomic E-state index is 12.6. The van der Waals surface area contributed by atoms with Crippen LogP contribution < -0.4 is 14.4 Å². The molecule has 0 spiro atoms. The number of carbonyl (C=O) groups is 1. The zero-order valence-corrected chi connectivity index (χ0v) is 21.3. The first-order chi connectivity index (χ1) is 18.6. The van der Waals surface area contributed by atoms with E-state index in [0.717, 1.165) is 27.4 Å². The molecule has 0 aliphatic carbocycles. The second kappa shape index (κ2) is 11.5. The van der Waals surface area contributed by atoms with Crippen LogP contribution in [0.1, 0.15) is 12.5 Å². The van der Waals surface area contributed by atoms with Crippen LogP contribution in [0.2, 0.25) is 0 Å². The van der Waals surface area contributed by atoms with Crippen molar-refractivity contribution in [1.29, 1.82) is 0 Å². The molecule has 7 nitrogen and oxygen atoms in total. The minimum atomic E-state index is -0.525. The lowest BCUT2D eigenvalue weighted by Crippen LogP contribution is -2.23. The highest BCUT2D eigenvalue weighted by atomic mass is 16.6. The number of aromatic nitrogens is 1. The molecule has 5 aromatic rings. The normalized spacial score (nSPS) is 11.5. The van der Waals surface area contributed by atoms with Gasteiger partial charge in [-0.3, -0.25) is 0 Å². The van der Waals surface area contributed by atoms with E-state index in [1.54, 1.807) is 13.0 Å². The molecular weight excluding hydrogens is 480 g/mol. The molecule has 0 aliphatic rings. The lowest BCUT2D eigenvalue weighted by Gasteiger charge is -2.15. The molecule has 0 amide bonds. The van der Waals surface area contributed by atoms with E-state index in [-0.39, 0.29) is 12.4 Å². The number of fused-ring (bicyclic) bond motifs is 2. The van der Waals surface area contributed by atoms with Crippen LogP contribution in [0.5, 0.6) is 11.5 Å². The van der Waals surface area contributed by atoms with E-state index in [1.807, 2.05) is 103 Å². The standard InChI is InChI=1S/C31H28N2O5/c1-3-35-30(34)29(37-26-17-14-23-8-4-5-9-24(23)21-26)20-22-12-15-25(16-13-22)36-19-18-33(2)31-32-27-10-6-7-11-28(27)38-31/h4-17,20-21H,3,18-19H2,1-2H3. The van der Waals surface area contributed by atoms with Crippen LogP contribution in [0.4, 0.5) is 6.01 Å². The highest BCUT2D eigenvalue weighted by molar-refractivity contribution is 5.92. The second-order valence-corrected chi connectivity index (χ2v) is 8.64. The first-order valence-electron chi connectivity index (χ1n) is 12.4. The van der Waals surface area contributed by atoms with Gasteiger partial charge in [-0.25, -0.2) is 4.79 Å². The third-order valence-corrected chi connectivity index (χ3v) is 5.91. The summed E-state index contributed by atoms with van der Waals surface area (Å²) in [6.07, 6.45) is 1.66. The van der Waals surface area contributed by atoms with E-state index in [1.165, 1.54) is 0 Å². The maximum absolute atomic E-state index is 12.6. The zero-order chi connectivity index (χ0) is 26.3. The predicted octanol–water partition coefficient (Wildman–Crippen LogP) is 6.48. The van der Waals surface area contributed by atoms with Gasteiger partial charge in [-0.15, -0.1) is 0 Å². The molecule has 38 heavy (non-hydrogen) atoms. The molecule has 7 heteroatoms. The molecule has 0 fully saturated rings. The Morgan fingerprint density at radius 3 is 2.45 bits per heavy atom. The van der Waals surface area contributed by atoms with Crippen molar-refractivity contribution in [3.63, 3.8) is 0 Å². The Kier molecular flexibility index (Phi) is 7.54. The number of likely N-dealkylation sites (N-methyl/N-ethyl adjacent to an activating group) is 1. The number of hydrogen-bond donors (Lipinski definition) is 0. The van der Waals surface area contributed by atoms with Crippen molar-refractivity contribution in [1.82, 2.24) is 4.98 Å². The van der Waals surface area contributed by atoms with E-state index in [0.29, 0.717) is 30.7 Å². The summed E-state index contributed by atoms with van der Waals surface area (Å²) in [6, 6.07) is 29.3. The van der Waals surface area contributed by atoms with Gasteiger partial charge in [0.05, 0.1) is 13.2 Å². The minimum Gasteiger partial charge on any atom is -0.492 e. The fourth-order valence-corrected chi connectivity index (χ4v) is 3.92. The minimum absolute atomic E-state index is 0.107. The molecular formula is C31H28N2O5. The molecule has 0 saturated heterocycles. The lowest BCUT2D eigenvalue weighted by molar-refractivity contribution is -0.140. The Hall–Kier alpha value is -4.78. The van der Waals surface area contributed by atoms with Crippen molar-refractivity contribution in [3.8, 4) is 11.5 Å². The molecule has 1 heterocycles. The van der Waals surface area contributed by atoms with Crippen LogP contribution >= 0.6 is 0 Å². The monoisotopic (exact) mass is 508 g/mol. The Morgan fingerprint density at radius 1 is 0.921 bits per heavy atom. The molecule has 5 rings (SSSR count). The van der Waals surface area contributed by atoms with Crippen LogP contribution in [-0.4, -0.2) is 37.8 Å². The Labute approximate surface area is 220 Å². The van der Waals surface area contributed by atoms with Gasteiger partial charge in [0, 0.05) is 7.05 Å². The van der Waals surface area contributed by atoms with Gasteiger partial charge in [0.1, 0.15) is 23.6 Å². The van der Waals surface area contributed by atoms with Crippen molar-refractivity contribution in [3.05, 3.63) is 102 Å². The van der Waals surface area contributed by atoms with Crippen LogP contribution in [0.15, 0.2) is 101 Å². The summed E-state index contributed by atoms with van der Waals surface area (Å²) in [5.41, 5.74) is 2.36. The lowest BCUT2D eigenvalue weighted by atomic mass is 10.1. The van der Waals surface area contributed by atoms with Gasteiger partial charge in [-0.1, -0.05) is 54.6 Å². The van der Waals surface area contributed by atoms with Gasteiger partial charge in [-0.2, -0.15) is 4.98 Å². The maximum Gasteiger partial charge on any atom is 0.374 e. The molecule has 0 N–H and O–H groups in total. The highest BCUT2D eigenvalue weighted by Crippen LogP contribution is 2.24. The van der Waals surface area contributed by atoms with Gasteiger partial charge < -0.3 is 23.5 Å². The van der Waals surface area contributed by atoms with Crippen molar-refractivity contribution < 1.29 is 23.4 Å². The number of anilines is 1. The second-order valence-electron chi connectivity index (χ2n) is 8.64. The van der Waals surface area contributed by atoms with Gasteiger partial charge in [0.15, 0.2) is 5.58 Å². The first kappa shape index (κ1) is 24.9. The van der Waals surface area contributed by atoms with E-state index in [4.69, 9.17) is 18.6 Å². The average molecular weight is 509 g/mol. The summed E-state index contributed by atoms with van der Waals surface area (Å²) in [7, 11) is 1.91. The highest BCUT2D eigenvalue weighted by Gasteiger charge is 2.15. The Balaban J connectivity index is 1.23. The summed E-state index contributed by atoms with van der Waals surface area (Å²) in [6.45, 7) is 3.06. The number of carbonyl (C=O) groups excluding carboxylic acids is 1. The first-order valence-corrected chi connectivity index (χ1v) is 12.4. The van der Waals surface area contributed by atoms with E-state index < -0.39 is 5.97 Å². The van der Waals surface area contributed by atoms with E-state index >= 15 is 0 Å². The fraction of sp³-hybridized carbons (Fsp3) is 0.161. The van der Waals surface area contributed by atoms with Gasteiger partial charge >= 0.3 is 5.97 Å². The molecule has 192 valence electrons. The number of rotatable bonds is 10.